The van der Waals surface area contributed by atoms with E-state index in [1.165, 1.54) is 13.3 Å². The molecule has 0 aliphatic rings. The van der Waals surface area contributed by atoms with Crippen LogP contribution in [-0.4, -0.2) is 47.6 Å². The lowest BCUT2D eigenvalue weighted by molar-refractivity contribution is -0.138. The van der Waals surface area contributed by atoms with Crippen molar-refractivity contribution in [2.75, 3.05) is 19.1 Å². The van der Waals surface area contributed by atoms with E-state index in [2.05, 4.69) is 4.99 Å². The van der Waals surface area contributed by atoms with Gasteiger partial charge >= 0.3 is 5.97 Å². The number of thioether (sulfide) groups is 1. The molecule has 19 heavy (non-hydrogen) atoms. The fraction of sp³-hybridized carbons (Fsp3) is 0.385. The number of benzene rings is 1. The highest BCUT2D eigenvalue weighted by molar-refractivity contribution is 7.98. The van der Waals surface area contributed by atoms with Gasteiger partial charge in [0.05, 0.1) is 7.11 Å². The number of phenols is 1. The number of phenolic OH excluding ortho intramolecular Hbond substituents is 1. The lowest BCUT2D eigenvalue weighted by atomic mass is 10.2. The molecule has 0 aromatic heterocycles. The second-order valence-corrected chi connectivity index (χ2v) is 4.80. The maximum atomic E-state index is 11.0. The van der Waals surface area contributed by atoms with Crippen molar-refractivity contribution >= 4 is 23.9 Å². The zero-order valence-corrected chi connectivity index (χ0v) is 11.7. The first-order valence-electron chi connectivity index (χ1n) is 5.71. The van der Waals surface area contributed by atoms with Crippen LogP contribution >= 0.6 is 11.8 Å². The van der Waals surface area contributed by atoms with Gasteiger partial charge in [-0.2, -0.15) is 11.8 Å². The van der Waals surface area contributed by atoms with Gasteiger partial charge in [0, 0.05) is 11.8 Å². The summed E-state index contributed by atoms with van der Waals surface area (Å²) >= 11 is 1.57. The van der Waals surface area contributed by atoms with E-state index in [-0.39, 0.29) is 5.75 Å². The van der Waals surface area contributed by atoms with Crippen molar-refractivity contribution < 1.29 is 19.7 Å². The maximum Gasteiger partial charge on any atom is 0.328 e. The number of carboxylic acid groups (broad SMARTS) is 1. The summed E-state index contributed by atoms with van der Waals surface area (Å²) in [6, 6.07) is 4.18. The third-order valence-electron chi connectivity index (χ3n) is 2.52. The van der Waals surface area contributed by atoms with Gasteiger partial charge < -0.3 is 14.9 Å². The summed E-state index contributed by atoms with van der Waals surface area (Å²) in [4.78, 5) is 15.0. The molecule has 1 aromatic rings. The molecule has 1 rings (SSSR count). The summed E-state index contributed by atoms with van der Waals surface area (Å²) < 4.78 is 4.97. The number of carboxylic acids is 1. The van der Waals surface area contributed by atoms with Crippen LogP contribution in [0.15, 0.2) is 23.2 Å². The first kappa shape index (κ1) is 15.4. The summed E-state index contributed by atoms with van der Waals surface area (Å²) in [7, 11) is 1.45. The number of rotatable bonds is 7. The van der Waals surface area contributed by atoms with Gasteiger partial charge in [0.25, 0.3) is 0 Å². The van der Waals surface area contributed by atoms with Gasteiger partial charge in [-0.1, -0.05) is 6.07 Å². The molecular weight excluding hydrogens is 266 g/mol. The molecule has 0 aliphatic carbocycles. The maximum absolute atomic E-state index is 11.0. The molecule has 2 N–H and O–H groups in total. The number of methoxy groups -OCH3 is 1. The van der Waals surface area contributed by atoms with Gasteiger partial charge in [0.2, 0.25) is 0 Å². The van der Waals surface area contributed by atoms with Crippen molar-refractivity contribution in [1.29, 1.82) is 0 Å². The van der Waals surface area contributed by atoms with Crippen LogP contribution in [0.1, 0.15) is 12.0 Å². The number of nitrogens with zero attached hydrogens (tertiary/aromatic N) is 1. The molecule has 0 amide bonds. The highest BCUT2D eigenvalue weighted by Crippen LogP contribution is 2.28. The molecule has 104 valence electrons. The Bertz CT molecular complexity index is 462. The van der Waals surface area contributed by atoms with Crippen molar-refractivity contribution in [1.82, 2.24) is 0 Å². The number of carbonyl (C=O) groups is 1. The van der Waals surface area contributed by atoms with E-state index in [9.17, 15) is 9.90 Å². The molecule has 6 heteroatoms. The third kappa shape index (κ3) is 4.48. The fourth-order valence-corrected chi connectivity index (χ4v) is 1.93. The Kier molecular flexibility index (Phi) is 6.21. The number of ether oxygens (including phenoxy) is 1. The van der Waals surface area contributed by atoms with Gasteiger partial charge in [0.1, 0.15) is 6.04 Å². The lowest BCUT2D eigenvalue weighted by Gasteiger charge is -2.07. The van der Waals surface area contributed by atoms with Crippen LogP contribution in [0.2, 0.25) is 0 Å². The highest BCUT2D eigenvalue weighted by Gasteiger charge is 2.15. The Hall–Kier alpha value is -1.69. The predicted molar refractivity (Wildman–Crippen MR) is 76.7 cm³/mol. The van der Waals surface area contributed by atoms with E-state index >= 15 is 0 Å². The van der Waals surface area contributed by atoms with Crippen LogP contribution < -0.4 is 4.74 Å². The van der Waals surface area contributed by atoms with E-state index < -0.39 is 12.0 Å². The van der Waals surface area contributed by atoms with E-state index in [0.29, 0.717) is 17.7 Å². The Labute approximate surface area is 116 Å². The summed E-state index contributed by atoms with van der Waals surface area (Å²) in [6.07, 6.45) is 3.74. The van der Waals surface area contributed by atoms with Crippen molar-refractivity contribution in [2.45, 2.75) is 12.5 Å². The number of aliphatic carboxylic acids is 1. The second kappa shape index (κ2) is 7.68. The molecule has 1 atom stereocenters. The summed E-state index contributed by atoms with van der Waals surface area (Å²) in [6.45, 7) is 0. The Balaban J connectivity index is 2.86. The van der Waals surface area contributed by atoms with E-state index in [4.69, 9.17) is 9.84 Å². The normalized spacial score (nSPS) is 12.5. The van der Waals surface area contributed by atoms with E-state index in [1.807, 2.05) is 6.26 Å². The fourth-order valence-electron chi connectivity index (χ4n) is 1.47. The highest BCUT2D eigenvalue weighted by atomic mass is 32.2. The monoisotopic (exact) mass is 283 g/mol. The molecule has 1 aromatic carbocycles. The first-order chi connectivity index (χ1) is 9.10. The van der Waals surface area contributed by atoms with Gasteiger partial charge in [-0.3, -0.25) is 4.99 Å². The van der Waals surface area contributed by atoms with Gasteiger partial charge in [0.15, 0.2) is 11.5 Å². The number of para-hydroxylation sites is 1. The van der Waals surface area contributed by atoms with Crippen LogP contribution in [-0.2, 0) is 4.79 Å². The van der Waals surface area contributed by atoms with Gasteiger partial charge in [-0.25, -0.2) is 4.79 Å². The minimum atomic E-state index is -0.965. The number of aliphatic imine (C=N–C) groups is 1. The van der Waals surface area contributed by atoms with Crippen molar-refractivity contribution in [3.63, 3.8) is 0 Å². The molecular formula is C13H17NO4S. The van der Waals surface area contributed by atoms with Crippen molar-refractivity contribution in [3.8, 4) is 11.5 Å². The van der Waals surface area contributed by atoms with Crippen LogP contribution in [0.5, 0.6) is 11.5 Å². The van der Waals surface area contributed by atoms with Crippen LogP contribution in [0.3, 0.4) is 0 Å². The molecule has 0 fully saturated rings. The third-order valence-corrected chi connectivity index (χ3v) is 3.17. The average Bonchev–Trinajstić information content (AvgIpc) is 2.40. The molecule has 0 aliphatic heterocycles. The minimum Gasteiger partial charge on any atom is -0.504 e. The summed E-state index contributed by atoms with van der Waals surface area (Å²) in [5.74, 6) is 0.0497. The average molecular weight is 283 g/mol. The van der Waals surface area contributed by atoms with Crippen molar-refractivity contribution in [3.05, 3.63) is 23.8 Å². The number of hydrogen-bond donors (Lipinski definition) is 2. The molecule has 5 nitrogen and oxygen atoms in total. The van der Waals surface area contributed by atoms with Gasteiger partial charge in [-0.15, -0.1) is 0 Å². The van der Waals surface area contributed by atoms with Gasteiger partial charge in [-0.05, 0) is 30.6 Å². The van der Waals surface area contributed by atoms with E-state index in [0.717, 1.165) is 5.75 Å². The molecule has 0 heterocycles. The topological polar surface area (TPSA) is 79.1 Å². The molecule has 0 radical (unpaired) electrons. The van der Waals surface area contributed by atoms with Crippen molar-refractivity contribution in [2.24, 2.45) is 4.99 Å². The minimum absolute atomic E-state index is 0.0391. The Morgan fingerprint density at radius 2 is 2.32 bits per heavy atom. The summed E-state index contributed by atoms with van der Waals surface area (Å²) in [5.41, 5.74) is 0.440. The van der Waals surface area contributed by atoms with E-state index in [1.54, 1.807) is 30.0 Å². The molecule has 0 saturated carbocycles. The largest absolute Gasteiger partial charge is 0.504 e. The zero-order valence-electron chi connectivity index (χ0n) is 10.9. The smallest absolute Gasteiger partial charge is 0.328 e. The summed E-state index contributed by atoms with van der Waals surface area (Å²) in [5, 5.41) is 18.9. The predicted octanol–water partition coefficient (Wildman–Crippen LogP) is 2.03. The first-order valence-corrected chi connectivity index (χ1v) is 7.10. The molecule has 0 bridgehead atoms. The Morgan fingerprint density at radius 3 is 2.89 bits per heavy atom. The number of hydrogen-bond acceptors (Lipinski definition) is 5. The Morgan fingerprint density at radius 1 is 1.58 bits per heavy atom. The zero-order chi connectivity index (χ0) is 14.3. The standard InChI is InChI=1S/C13H17NO4S/c1-18-11-5-3-4-9(12(11)15)8-14-10(13(16)17)6-7-19-2/h3-5,8,10,15H,6-7H2,1-2H3,(H,16,17). The SMILES string of the molecule is COc1cccc(C=NC(CCSC)C(=O)O)c1O. The van der Waals surface area contributed by atoms with Crippen LogP contribution in [0.4, 0.5) is 0 Å². The molecule has 0 saturated heterocycles. The number of aromatic hydroxyl groups is 1. The lowest BCUT2D eigenvalue weighted by Crippen LogP contribution is -2.18. The second-order valence-electron chi connectivity index (χ2n) is 3.81. The molecule has 0 spiro atoms. The van der Waals surface area contributed by atoms with Crippen LogP contribution in [0.25, 0.3) is 0 Å². The molecule has 1 unspecified atom stereocenters. The van der Waals surface area contributed by atoms with Crippen LogP contribution in [0, 0.1) is 0 Å². The quantitative estimate of drug-likeness (QED) is 0.748.